The quantitative estimate of drug-likeness (QED) is 0.601. The van der Waals surface area contributed by atoms with Crippen molar-refractivity contribution >= 4 is 23.2 Å². The second-order valence-electron chi connectivity index (χ2n) is 5.43. The van der Waals surface area contributed by atoms with Crippen molar-refractivity contribution in [2.24, 2.45) is 5.41 Å². The lowest BCUT2D eigenvalue weighted by molar-refractivity contribution is 0.272. The van der Waals surface area contributed by atoms with Crippen LogP contribution in [0.5, 0.6) is 0 Å². The first-order valence-corrected chi connectivity index (χ1v) is 8.22. The van der Waals surface area contributed by atoms with Crippen LogP contribution in [0.25, 0.3) is 0 Å². The normalized spacial score (nSPS) is 14.6. The summed E-state index contributed by atoms with van der Waals surface area (Å²) in [5, 5.41) is 5.32. The van der Waals surface area contributed by atoms with Crippen molar-refractivity contribution in [1.29, 1.82) is 0 Å². The molecule has 0 aliphatic carbocycles. The molecule has 0 N–H and O–H groups in total. The summed E-state index contributed by atoms with van der Waals surface area (Å²) in [6, 6.07) is 0. The van der Waals surface area contributed by atoms with Gasteiger partial charge >= 0.3 is 0 Å². The Morgan fingerprint density at radius 2 is 1.95 bits per heavy atom. The molecule has 1 unspecified atom stereocenters. The molecule has 1 heterocycles. The van der Waals surface area contributed by atoms with Crippen molar-refractivity contribution in [3.63, 3.8) is 0 Å². The van der Waals surface area contributed by atoms with E-state index in [9.17, 15) is 0 Å². The largest absolute Gasteiger partial charge is 0.268 e. The molecule has 0 amide bonds. The highest BCUT2D eigenvalue weighted by Gasteiger charge is 2.30. The van der Waals surface area contributed by atoms with Gasteiger partial charge in [-0.3, -0.25) is 4.68 Å². The highest BCUT2D eigenvalue weighted by molar-refractivity contribution is 6.31. The zero-order chi connectivity index (χ0) is 14.5. The van der Waals surface area contributed by atoms with Gasteiger partial charge in [-0.25, -0.2) is 0 Å². The third-order valence-corrected chi connectivity index (χ3v) is 5.15. The van der Waals surface area contributed by atoms with Gasteiger partial charge in [0, 0.05) is 12.4 Å². The van der Waals surface area contributed by atoms with Crippen LogP contribution in [-0.2, 0) is 13.0 Å². The molecule has 0 aromatic carbocycles. The van der Waals surface area contributed by atoms with Gasteiger partial charge in [0.05, 0.1) is 16.4 Å². The number of aromatic nitrogens is 2. The first-order chi connectivity index (χ1) is 9.03. The van der Waals surface area contributed by atoms with Crippen molar-refractivity contribution < 1.29 is 0 Å². The number of alkyl halides is 1. The minimum Gasteiger partial charge on any atom is -0.268 e. The summed E-state index contributed by atoms with van der Waals surface area (Å²) in [6.07, 6.45) is 5.60. The van der Waals surface area contributed by atoms with Crippen LogP contribution in [0, 0.1) is 12.3 Å². The van der Waals surface area contributed by atoms with E-state index in [1.54, 1.807) is 0 Å². The van der Waals surface area contributed by atoms with Crippen LogP contribution in [0.2, 0.25) is 5.02 Å². The molecule has 2 nitrogen and oxygen atoms in total. The molecular weight excluding hydrogens is 279 g/mol. The first kappa shape index (κ1) is 16.8. The summed E-state index contributed by atoms with van der Waals surface area (Å²) in [5.41, 5.74) is 2.23. The third-order valence-electron chi connectivity index (χ3n) is 4.09. The van der Waals surface area contributed by atoms with Gasteiger partial charge in [-0.1, -0.05) is 38.3 Å². The van der Waals surface area contributed by atoms with E-state index in [-0.39, 0.29) is 5.41 Å². The summed E-state index contributed by atoms with van der Waals surface area (Å²) in [7, 11) is 0. The predicted octanol–water partition coefficient (Wildman–Crippen LogP) is 5.23. The van der Waals surface area contributed by atoms with Crippen molar-refractivity contribution in [3.05, 3.63) is 16.4 Å². The Bertz CT molecular complexity index is 395. The Morgan fingerprint density at radius 3 is 2.42 bits per heavy atom. The second kappa shape index (κ2) is 7.54. The number of aryl methyl sites for hydroxylation is 2. The van der Waals surface area contributed by atoms with Crippen molar-refractivity contribution in [2.45, 2.75) is 66.3 Å². The molecule has 0 spiro atoms. The van der Waals surface area contributed by atoms with Crippen LogP contribution in [-0.4, -0.2) is 15.7 Å². The second-order valence-corrected chi connectivity index (χ2v) is 6.07. The van der Waals surface area contributed by atoms with E-state index >= 15 is 0 Å². The van der Waals surface area contributed by atoms with E-state index in [4.69, 9.17) is 23.2 Å². The van der Waals surface area contributed by atoms with Gasteiger partial charge in [-0.2, -0.15) is 5.10 Å². The number of hydrogen-bond donors (Lipinski definition) is 0. The topological polar surface area (TPSA) is 17.8 Å². The molecule has 4 heteroatoms. The number of hydrogen-bond acceptors (Lipinski definition) is 1. The fourth-order valence-electron chi connectivity index (χ4n) is 2.54. The van der Waals surface area contributed by atoms with Gasteiger partial charge in [0.1, 0.15) is 0 Å². The van der Waals surface area contributed by atoms with Gasteiger partial charge in [0.25, 0.3) is 0 Å². The Morgan fingerprint density at radius 1 is 1.26 bits per heavy atom. The van der Waals surface area contributed by atoms with Crippen LogP contribution in [0.3, 0.4) is 0 Å². The lowest BCUT2D eigenvalue weighted by atomic mass is 9.78. The summed E-state index contributed by atoms with van der Waals surface area (Å²) in [6.45, 7) is 9.39. The standard InChI is InChI=1S/C15H26Cl2N2/c1-5-8-9-15(6-2,11-16)10-13-14(17)12(4)18-19(13)7-3/h5-11H2,1-4H3. The fourth-order valence-corrected chi connectivity index (χ4v) is 3.16. The van der Waals surface area contributed by atoms with E-state index in [2.05, 4.69) is 25.9 Å². The molecule has 1 aromatic rings. The van der Waals surface area contributed by atoms with E-state index in [0.717, 1.165) is 42.2 Å². The van der Waals surface area contributed by atoms with Gasteiger partial charge in [-0.05, 0) is 38.5 Å². The van der Waals surface area contributed by atoms with Crippen LogP contribution in [0.15, 0.2) is 0 Å². The minimum atomic E-state index is 0.153. The molecule has 0 aliphatic heterocycles. The molecular formula is C15H26Cl2N2. The Kier molecular flexibility index (Phi) is 6.68. The van der Waals surface area contributed by atoms with Gasteiger partial charge in [0.15, 0.2) is 0 Å². The average Bonchev–Trinajstić information content (AvgIpc) is 2.70. The number of rotatable bonds is 8. The maximum Gasteiger partial charge on any atom is 0.0847 e. The first-order valence-electron chi connectivity index (χ1n) is 7.31. The monoisotopic (exact) mass is 304 g/mol. The van der Waals surface area contributed by atoms with Crippen LogP contribution in [0.1, 0.15) is 57.8 Å². The molecule has 1 atom stereocenters. The van der Waals surface area contributed by atoms with E-state index in [1.807, 2.05) is 11.6 Å². The molecule has 0 aliphatic rings. The van der Waals surface area contributed by atoms with Gasteiger partial charge in [0.2, 0.25) is 0 Å². The molecule has 0 fully saturated rings. The lowest BCUT2D eigenvalue weighted by Crippen LogP contribution is -2.26. The smallest absolute Gasteiger partial charge is 0.0847 e. The number of unbranched alkanes of at least 4 members (excludes halogenated alkanes) is 1. The average molecular weight is 305 g/mol. The maximum absolute atomic E-state index is 6.42. The van der Waals surface area contributed by atoms with Crippen LogP contribution in [0.4, 0.5) is 0 Å². The van der Waals surface area contributed by atoms with Crippen molar-refractivity contribution in [3.8, 4) is 0 Å². The zero-order valence-electron chi connectivity index (χ0n) is 12.6. The predicted molar refractivity (Wildman–Crippen MR) is 84.3 cm³/mol. The minimum absolute atomic E-state index is 0.153. The molecule has 0 saturated carbocycles. The fraction of sp³-hybridized carbons (Fsp3) is 0.800. The number of nitrogens with zero attached hydrogens (tertiary/aromatic N) is 2. The molecule has 1 aromatic heterocycles. The lowest BCUT2D eigenvalue weighted by Gasteiger charge is -2.31. The Balaban J connectivity index is 3.02. The number of halogens is 2. The summed E-state index contributed by atoms with van der Waals surface area (Å²) >= 11 is 12.7. The van der Waals surface area contributed by atoms with Crippen molar-refractivity contribution in [1.82, 2.24) is 9.78 Å². The SMILES string of the molecule is CCCCC(CC)(CCl)Cc1c(Cl)c(C)nn1CC. The van der Waals surface area contributed by atoms with Crippen LogP contribution >= 0.6 is 23.2 Å². The Hall–Kier alpha value is -0.210. The molecule has 0 saturated heterocycles. The van der Waals surface area contributed by atoms with Crippen molar-refractivity contribution in [2.75, 3.05) is 5.88 Å². The summed E-state index contributed by atoms with van der Waals surface area (Å²) in [5.74, 6) is 0.688. The van der Waals surface area contributed by atoms with E-state index in [0.29, 0.717) is 5.88 Å². The Labute approximate surface area is 127 Å². The van der Waals surface area contributed by atoms with Crippen LogP contribution < -0.4 is 0 Å². The van der Waals surface area contributed by atoms with E-state index < -0.39 is 0 Å². The highest BCUT2D eigenvalue weighted by Crippen LogP contribution is 2.37. The molecule has 19 heavy (non-hydrogen) atoms. The highest BCUT2D eigenvalue weighted by atomic mass is 35.5. The summed E-state index contributed by atoms with van der Waals surface area (Å²) < 4.78 is 2.03. The molecule has 0 radical (unpaired) electrons. The van der Waals surface area contributed by atoms with Gasteiger partial charge in [-0.15, -0.1) is 11.6 Å². The molecule has 110 valence electrons. The maximum atomic E-state index is 6.42. The van der Waals surface area contributed by atoms with Gasteiger partial charge < -0.3 is 0 Å². The zero-order valence-corrected chi connectivity index (χ0v) is 14.1. The third kappa shape index (κ3) is 3.88. The van der Waals surface area contributed by atoms with E-state index in [1.165, 1.54) is 12.8 Å². The summed E-state index contributed by atoms with van der Waals surface area (Å²) in [4.78, 5) is 0. The molecule has 0 bridgehead atoms. The molecule has 1 rings (SSSR count).